The van der Waals surface area contributed by atoms with Crippen LogP contribution in [0.1, 0.15) is 25.8 Å². The number of carbonyl (C=O) groups excluding carboxylic acids is 1. The number of anilines is 1. The summed E-state index contributed by atoms with van der Waals surface area (Å²) in [6.45, 7) is 6.04. The molecule has 0 radical (unpaired) electrons. The van der Waals surface area contributed by atoms with E-state index in [1.165, 1.54) is 0 Å². The standard InChI is InChI=1S/C24H25N3O3/c1-23(2)16-24(12-19(13-25)22(23)28)17-27(10-11-30-24)20-8-9-21(26-14-20)29-15-18-6-4-3-5-7-18/h3-9,12,14H,10-11,15-17H2,1-2H3. The molecule has 2 aromatic rings. The van der Waals surface area contributed by atoms with Crippen molar-refractivity contribution in [2.24, 2.45) is 5.41 Å². The van der Waals surface area contributed by atoms with E-state index in [9.17, 15) is 10.1 Å². The summed E-state index contributed by atoms with van der Waals surface area (Å²) < 4.78 is 11.9. The van der Waals surface area contributed by atoms with E-state index < -0.39 is 11.0 Å². The molecular weight excluding hydrogens is 378 g/mol. The highest BCUT2D eigenvalue weighted by atomic mass is 16.5. The topological polar surface area (TPSA) is 75.5 Å². The molecule has 154 valence electrons. The molecule has 1 aliphatic carbocycles. The van der Waals surface area contributed by atoms with E-state index >= 15 is 0 Å². The molecule has 1 saturated heterocycles. The number of hydrogen-bond acceptors (Lipinski definition) is 6. The van der Waals surface area contributed by atoms with Gasteiger partial charge >= 0.3 is 0 Å². The molecule has 1 unspecified atom stereocenters. The van der Waals surface area contributed by atoms with Gasteiger partial charge in [0.25, 0.3) is 0 Å². The maximum atomic E-state index is 12.5. The highest BCUT2D eigenvalue weighted by Gasteiger charge is 2.48. The first-order valence-electron chi connectivity index (χ1n) is 10.1. The normalized spacial score (nSPS) is 23.0. The van der Waals surface area contributed by atoms with Gasteiger partial charge in [0, 0.05) is 18.0 Å². The third-order valence-corrected chi connectivity index (χ3v) is 5.65. The molecule has 6 heteroatoms. The van der Waals surface area contributed by atoms with Crippen molar-refractivity contribution in [2.45, 2.75) is 32.5 Å². The Morgan fingerprint density at radius 2 is 2.03 bits per heavy atom. The fourth-order valence-corrected chi connectivity index (χ4v) is 4.25. The fraction of sp³-hybridized carbons (Fsp3) is 0.375. The van der Waals surface area contributed by atoms with Crippen LogP contribution >= 0.6 is 0 Å². The Hall–Kier alpha value is -3.17. The van der Waals surface area contributed by atoms with Gasteiger partial charge in [-0.1, -0.05) is 44.2 Å². The minimum atomic E-state index is -0.650. The van der Waals surface area contributed by atoms with Gasteiger partial charge in [-0.25, -0.2) is 4.98 Å². The summed E-state index contributed by atoms with van der Waals surface area (Å²) in [5, 5.41) is 9.42. The van der Waals surface area contributed by atoms with Crippen molar-refractivity contribution in [1.82, 2.24) is 4.98 Å². The quantitative estimate of drug-likeness (QED) is 0.775. The lowest BCUT2D eigenvalue weighted by Crippen LogP contribution is -2.55. The van der Waals surface area contributed by atoms with E-state index in [1.807, 2.05) is 56.3 Å². The predicted octanol–water partition coefficient (Wildman–Crippen LogP) is 3.68. The first-order valence-corrected chi connectivity index (χ1v) is 10.1. The number of ether oxygens (including phenoxy) is 2. The average molecular weight is 403 g/mol. The van der Waals surface area contributed by atoms with Crippen LogP contribution in [-0.4, -0.2) is 36.1 Å². The predicted molar refractivity (Wildman–Crippen MR) is 113 cm³/mol. The summed E-state index contributed by atoms with van der Waals surface area (Å²) in [5.41, 5.74) is 0.967. The molecule has 1 aromatic heterocycles. The molecule has 1 aliphatic heterocycles. The number of benzene rings is 1. The van der Waals surface area contributed by atoms with Crippen molar-refractivity contribution in [1.29, 1.82) is 5.26 Å². The number of morpholine rings is 1. The Kier molecular flexibility index (Phi) is 5.31. The Morgan fingerprint density at radius 3 is 2.73 bits per heavy atom. The molecule has 1 fully saturated rings. The van der Waals surface area contributed by atoms with Crippen LogP contribution in [0.4, 0.5) is 5.69 Å². The number of aromatic nitrogens is 1. The Morgan fingerprint density at radius 1 is 1.23 bits per heavy atom. The number of nitrogens with zero attached hydrogens (tertiary/aromatic N) is 3. The van der Waals surface area contributed by atoms with E-state index in [0.717, 1.165) is 17.8 Å². The third-order valence-electron chi connectivity index (χ3n) is 5.65. The smallest absolute Gasteiger partial charge is 0.213 e. The first-order chi connectivity index (χ1) is 14.4. The van der Waals surface area contributed by atoms with Gasteiger partial charge in [-0.15, -0.1) is 0 Å². The lowest BCUT2D eigenvalue weighted by molar-refractivity contribution is -0.130. The molecule has 0 amide bonds. The summed E-state index contributed by atoms with van der Waals surface area (Å²) in [5.74, 6) is 0.458. The summed E-state index contributed by atoms with van der Waals surface area (Å²) in [4.78, 5) is 19.1. The van der Waals surface area contributed by atoms with Crippen molar-refractivity contribution in [3.8, 4) is 11.9 Å². The average Bonchev–Trinajstić information content (AvgIpc) is 2.76. The first kappa shape index (κ1) is 20.1. The zero-order chi connectivity index (χ0) is 21.2. The number of hydrogen-bond donors (Lipinski definition) is 0. The van der Waals surface area contributed by atoms with E-state index in [-0.39, 0.29) is 11.4 Å². The van der Waals surface area contributed by atoms with Crippen molar-refractivity contribution < 1.29 is 14.3 Å². The number of pyridine rings is 1. The van der Waals surface area contributed by atoms with Crippen LogP contribution in [0.3, 0.4) is 0 Å². The van der Waals surface area contributed by atoms with Crippen LogP contribution in [0.25, 0.3) is 0 Å². The highest BCUT2D eigenvalue weighted by molar-refractivity contribution is 6.04. The SMILES string of the molecule is CC1(C)CC2(C=C(C#N)C1=O)CN(c1ccc(OCc3ccccc3)nc1)CCO2. The summed E-state index contributed by atoms with van der Waals surface area (Å²) in [6, 6.07) is 15.9. The number of nitriles is 1. The van der Waals surface area contributed by atoms with E-state index in [4.69, 9.17) is 9.47 Å². The fourth-order valence-electron chi connectivity index (χ4n) is 4.25. The lowest BCUT2D eigenvalue weighted by Gasteiger charge is -2.47. The van der Waals surface area contributed by atoms with Crippen molar-refractivity contribution in [3.63, 3.8) is 0 Å². The largest absolute Gasteiger partial charge is 0.473 e. The molecule has 30 heavy (non-hydrogen) atoms. The molecule has 0 bridgehead atoms. The number of Topliss-reactive ketones (excluding diaryl/α,β-unsaturated/α-hetero) is 1. The zero-order valence-electron chi connectivity index (χ0n) is 17.3. The van der Waals surface area contributed by atoms with E-state index in [0.29, 0.717) is 32.1 Å². The number of allylic oxidation sites excluding steroid dienone is 1. The summed E-state index contributed by atoms with van der Waals surface area (Å²) >= 11 is 0. The molecule has 1 aromatic carbocycles. The highest BCUT2D eigenvalue weighted by Crippen LogP contribution is 2.41. The van der Waals surface area contributed by atoms with Gasteiger partial charge in [-0.3, -0.25) is 4.79 Å². The molecule has 2 aliphatic rings. The van der Waals surface area contributed by atoms with Gasteiger partial charge in [0.1, 0.15) is 18.3 Å². The maximum Gasteiger partial charge on any atom is 0.213 e. The lowest BCUT2D eigenvalue weighted by atomic mass is 9.69. The second-order valence-corrected chi connectivity index (χ2v) is 8.52. The van der Waals surface area contributed by atoms with E-state index in [2.05, 4.69) is 16.0 Å². The molecular formula is C24H25N3O3. The van der Waals surface area contributed by atoms with Crippen LogP contribution in [0.5, 0.6) is 5.88 Å². The van der Waals surface area contributed by atoms with Crippen LogP contribution in [-0.2, 0) is 16.1 Å². The zero-order valence-corrected chi connectivity index (χ0v) is 17.3. The molecule has 1 atom stereocenters. The Bertz CT molecular complexity index is 993. The van der Waals surface area contributed by atoms with Crippen molar-refractivity contribution >= 4 is 11.5 Å². The Labute approximate surface area is 176 Å². The van der Waals surface area contributed by atoms with Gasteiger partial charge in [0.2, 0.25) is 5.88 Å². The van der Waals surface area contributed by atoms with Crippen molar-refractivity contribution in [2.75, 3.05) is 24.6 Å². The minimum Gasteiger partial charge on any atom is -0.473 e. The third kappa shape index (κ3) is 4.07. The van der Waals surface area contributed by atoms with Crippen LogP contribution < -0.4 is 9.64 Å². The maximum absolute atomic E-state index is 12.5. The van der Waals surface area contributed by atoms with Crippen molar-refractivity contribution in [3.05, 3.63) is 65.9 Å². The van der Waals surface area contributed by atoms with Gasteiger partial charge in [0.05, 0.1) is 30.6 Å². The number of rotatable bonds is 4. The van der Waals surface area contributed by atoms with Gasteiger partial charge in [-0.2, -0.15) is 5.26 Å². The van der Waals surface area contributed by atoms with Crippen LogP contribution in [0, 0.1) is 16.7 Å². The second kappa shape index (κ2) is 7.92. The summed E-state index contributed by atoms with van der Waals surface area (Å²) in [7, 11) is 0. The number of ketones is 1. The van der Waals surface area contributed by atoms with Gasteiger partial charge < -0.3 is 14.4 Å². The van der Waals surface area contributed by atoms with Crippen LogP contribution in [0.2, 0.25) is 0 Å². The van der Waals surface area contributed by atoms with Gasteiger partial charge in [0.15, 0.2) is 5.78 Å². The molecule has 2 heterocycles. The summed E-state index contributed by atoms with van der Waals surface area (Å²) in [6.07, 6.45) is 4.07. The van der Waals surface area contributed by atoms with E-state index in [1.54, 1.807) is 12.3 Å². The number of carbonyl (C=O) groups is 1. The second-order valence-electron chi connectivity index (χ2n) is 8.52. The Balaban J connectivity index is 1.48. The molecule has 1 spiro atoms. The monoisotopic (exact) mass is 403 g/mol. The molecule has 0 N–H and O–H groups in total. The minimum absolute atomic E-state index is 0.113. The van der Waals surface area contributed by atoms with Gasteiger partial charge in [-0.05, 0) is 24.1 Å². The van der Waals surface area contributed by atoms with Crippen LogP contribution in [0.15, 0.2) is 60.3 Å². The molecule has 4 rings (SSSR count). The molecule has 0 saturated carbocycles. The molecule has 6 nitrogen and oxygen atoms in total.